The van der Waals surface area contributed by atoms with E-state index < -0.39 is 0 Å². The van der Waals surface area contributed by atoms with Crippen molar-refractivity contribution in [2.75, 3.05) is 18.0 Å². The van der Waals surface area contributed by atoms with E-state index in [1.165, 1.54) is 32.1 Å². The van der Waals surface area contributed by atoms with E-state index in [-0.39, 0.29) is 5.91 Å². The predicted molar refractivity (Wildman–Crippen MR) is 82.6 cm³/mol. The van der Waals surface area contributed by atoms with Gasteiger partial charge >= 0.3 is 0 Å². The Bertz CT molecular complexity index is 505. The van der Waals surface area contributed by atoms with Gasteiger partial charge in [-0.2, -0.15) is 0 Å². The maximum absolute atomic E-state index is 12.4. The highest BCUT2D eigenvalue weighted by Crippen LogP contribution is 2.19. The van der Waals surface area contributed by atoms with Gasteiger partial charge in [0, 0.05) is 25.3 Å². The zero-order valence-corrected chi connectivity index (χ0v) is 12.8. The topological polar surface area (TPSA) is 58.1 Å². The normalized spacial score (nSPS) is 19.8. The van der Waals surface area contributed by atoms with Crippen molar-refractivity contribution in [1.82, 2.24) is 15.3 Å². The Hall–Kier alpha value is -1.65. The quantitative estimate of drug-likeness (QED) is 0.928. The molecule has 1 aliphatic carbocycles. The number of hydrogen-bond acceptors (Lipinski definition) is 4. The van der Waals surface area contributed by atoms with Crippen molar-refractivity contribution in [3.8, 4) is 0 Å². The minimum absolute atomic E-state index is 0.0210. The molecule has 1 saturated carbocycles. The van der Waals surface area contributed by atoms with Crippen molar-refractivity contribution in [3.05, 3.63) is 17.5 Å². The molecule has 3 rings (SSSR count). The third-order valence-corrected chi connectivity index (χ3v) is 4.54. The number of nitrogens with one attached hydrogen (secondary N) is 1. The molecule has 0 unspecified atom stereocenters. The molecule has 2 aliphatic rings. The molecule has 5 nitrogen and oxygen atoms in total. The van der Waals surface area contributed by atoms with Crippen LogP contribution >= 0.6 is 0 Å². The summed E-state index contributed by atoms with van der Waals surface area (Å²) in [6.45, 7) is 3.94. The number of amides is 1. The summed E-state index contributed by atoms with van der Waals surface area (Å²) in [5.41, 5.74) is 1.39. The van der Waals surface area contributed by atoms with Crippen LogP contribution in [0.2, 0.25) is 0 Å². The molecule has 0 radical (unpaired) electrons. The molecule has 114 valence electrons. The van der Waals surface area contributed by atoms with E-state index in [2.05, 4.69) is 20.2 Å². The first kappa shape index (κ1) is 14.3. The first-order valence-corrected chi connectivity index (χ1v) is 8.13. The minimum Gasteiger partial charge on any atom is -0.349 e. The second kappa shape index (κ2) is 6.41. The number of anilines is 1. The smallest absolute Gasteiger partial charge is 0.254 e. The van der Waals surface area contributed by atoms with Gasteiger partial charge in [-0.05, 0) is 32.6 Å². The zero-order chi connectivity index (χ0) is 14.7. The van der Waals surface area contributed by atoms with E-state index in [0.29, 0.717) is 11.6 Å². The monoisotopic (exact) mass is 288 g/mol. The summed E-state index contributed by atoms with van der Waals surface area (Å²) in [6.07, 6.45) is 10.0. The molecule has 0 spiro atoms. The second-order valence-electron chi connectivity index (χ2n) is 6.17. The van der Waals surface area contributed by atoms with Crippen LogP contribution in [0.1, 0.15) is 61.0 Å². The van der Waals surface area contributed by atoms with Crippen LogP contribution in [0.4, 0.5) is 5.95 Å². The summed E-state index contributed by atoms with van der Waals surface area (Å²) in [6, 6.07) is 0.323. The number of carbonyl (C=O) groups excluding carboxylic acids is 1. The lowest BCUT2D eigenvalue weighted by molar-refractivity contribution is 0.0926. The van der Waals surface area contributed by atoms with Crippen molar-refractivity contribution in [1.29, 1.82) is 0 Å². The van der Waals surface area contributed by atoms with E-state index in [1.54, 1.807) is 6.20 Å². The third kappa shape index (κ3) is 3.34. The molecule has 5 heteroatoms. The third-order valence-electron chi connectivity index (χ3n) is 4.54. The molecule has 0 aromatic carbocycles. The average molecular weight is 288 g/mol. The molecule has 0 atom stereocenters. The Labute approximate surface area is 126 Å². The molecule has 1 aliphatic heterocycles. The number of hydrogen-bond donors (Lipinski definition) is 1. The van der Waals surface area contributed by atoms with Gasteiger partial charge < -0.3 is 10.2 Å². The average Bonchev–Trinajstić information content (AvgIpc) is 3.02. The van der Waals surface area contributed by atoms with Gasteiger partial charge in [0.1, 0.15) is 0 Å². The largest absolute Gasteiger partial charge is 0.349 e. The van der Waals surface area contributed by atoms with Crippen LogP contribution in [-0.2, 0) is 0 Å². The molecule has 0 bridgehead atoms. The molecule has 21 heavy (non-hydrogen) atoms. The maximum atomic E-state index is 12.4. The molecule has 1 aromatic rings. The summed E-state index contributed by atoms with van der Waals surface area (Å²) in [5, 5.41) is 3.13. The van der Waals surface area contributed by atoms with Crippen LogP contribution < -0.4 is 10.2 Å². The van der Waals surface area contributed by atoms with Crippen LogP contribution in [0.3, 0.4) is 0 Å². The lowest BCUT2D eigenvalue weighted by atomic mass is 9.95. The second-order valence-corrected chi connectivity index (χ2v) is 6.17. The highest BCUT2D eigenvalue weighted by Gasteiger charge is 2.20. The fraction of sp³-hybridized carbons (Fsp3) is 0.688. The minimum atomic E-state index is -0.0210. The fourth-order valence-corrected chi connectivity index (χ4v) is 3.26. The molecule has 1 saturated heterocycles. The molecule has 2 fully saturated rings. The molecule has 2 heterocycles. The standard InChI is InChI=1S/C16H24N4O/c1-12-14(15(21)19-13-7-3-2-4-8-13)11-17-16(18-12)20-9-5-6-10-20/h11,13H,2-10H2,1H3,(H,19,21). The van der Waals surface area contributed by atoms with E-state index >= 15 is 0 Å². The van der Waals surface area contributed by atoms with Crippen molar-refractivity contribution in [2.45, 2.75) is 57.9 Å². The van der Waals surface area contributed by atoms with Crippen molar-refractivity contribution < 1.29 is 4.79 Å². The number of aryl methyl sites for hydroxylation is 1. The first-order valence-electron chi connectivity index (χ1n) is 8.13. The summed E-state index contributed by atoms with van der Waals surface area (Å²) in [5.74, 6) is 0.742. The summed E-state index contributed by atoms with van der Waals surface area (Å²) in [4.78, 5) is 23.5. The Kier molecular flexibility index (Phi) is 4.36. The summed E-state index contributed by atoms with van der Waals surface area (Å²) in [7, 11) is 0. The van der Waals surface area contributed by atoms with Gasteiger partial charge in [0.25, 0.3) is 5.91 Å². The van der Waals surface area contributed by atoms with Gasteiger partial charge in [-0.3, -0.25) is 4.79 Å². The number of aromatic nitrogens is 2. The highest BCUT2D eigenvalue weighted by atomic mass is 16.1. The fourth-order valence-electron chi connectivity index (χ4n) is 3.26. The lowest BCUT2D eigenvalue weighted by Crippen LogP contribution is -2.36. The molecular formula is C16H24N4O. The number of nitrogens with zero attached hydrogens (tertiary/aromatic N) is 3. The Morgan fingerprint density at radius 1 is 1.19 bits per heavy atom. The lowest BCUT2D eigenvalue weighted by Gasteiger charge is -2.23. The van der Waals surface area contributed by atoms with E-state index in [9.17, 15) is 4.79 Å². The van der Waals surface area contributed by atoms with Gasteiger partial charge in [-0.15, -0.1) is 0 Å². The van der Waals surface area contributed by atoms with Crippen LogP contribution in [0.15, 0.2) is 6.20 Å². The molecule has 1 N–H and O–H groups in total. The molecular weight excluding hydrogens is 264 g/mol. The van der Waals surface area contributed by atoms with E-state index in [4.69, 9.17) is 0 Å². The maximum Gasteiger partial charge on any atom is 0.254 e. The number of carbonyl (C=O) groups is 1. The van der Waals surface area contributed by atoms with Crippen molar-refractivity contribution in [3.63, 3.8) is 0 Å². The van der Waals surface area contributed by atoms with Crippen molar-refractivity contribution >= 4 is 11.9 Å². The molecule has 1 aromatic heterocycles. The Balaban J connectivity index is 1.68. The van der Waals surface area contributed by atoms with Crippen molar-refractivity contribution in [2.24, 2.45) is 0 Å². The van der Waals surface area contributed by atoms with E-state index in [1.807, 2.05) is 6.92 Å². The van der Waals surface area contributed by atoms with Gasteiger partial charge in [0.05, 0.1) is 11.3 Å². The van der Waals surface area contributed by atoms with Gasteiger partial charge in [-0.1, -0.05) is 19.3 Å². The van der Waals surface area contributed by atoms with Crippen LogP contribution in [0, 0.1) is 6.92 Å². The Morgan fingerprint density at radius 2 is 1.90 bits per heavy atom. The van der Waals surface area contributed by atoms with Crippen LogP contribution in [0.25, 0.3) is 0 Å². The zero-order valence-electron chi connectivity index (χ0n) is 12.8. The summed E-state index contributed by atoms with van der Waals surface area (Å²) >= 11 is 0. The van der Waals surface area contributed by atoms with Crippen LogP contribution in [-0.4, -0.2) is 35.0 Å². The van der Waals surface area contributed by atoms with Gasteiger partial charge in [0.2, 0.25) is 5.95 Å². The SMILES string of the molecule is Cc1nc(N2CCCC2)ncc1C(=O)NC1CCCCC1. The molecule has 1 amide bonds. The first-order chi connectivity index (χ1) is 10.2. The predicted octanol–water partition coefficient (Wildman–Crippen LogP) is 2.45. The van der Waals surface area contributed by atoms with Gasteiger partial charge in [-0.25, -0.2) is 9.97 Å². The highest BCUT2D eigenvalue weighted by molar-refractivity contribution is 5.95. The summed E-state index contributed by atoms with van der Waals surface area (Å²) < 4.78 is 0. The number of rotatable bonds is 3. The van der Waals surface area contributed by atoms with E-state index in [0.717, 1.165) is 37.6 Å². The Morgan fingerprint density at radius 3 is 2.57 bits per heavy atom. The van der Waals surface area contributed by atoms with Crippen LogP contribution in [0.5, 0.6) is 0 Å². The van der Waals surface area contributed by atoms with Gasteiger partial charge in [0.15, 0.2) is 0 Å².